The number of carbonyl (C=O) groups is 1. The summed E-state index contributed by atoms with van der Waals surface area (Å²) < 4.78 is 12.0. The number of carboxylic acid groups (broad SMARTS) is 1. The first-order valence-electron chi connectivity index (χ1n) is 16.9. The van der Waals surface area contributed by atoms with Crippen LogP contribution in [-0.4, -0.2) is 75.4 Å². The van der Waals surface area contributed by atoms with E-state index in [0.29, 0.717) is 12.3 Å². The molecule has 1 aliphatic heterocycles. The Kier molecular flexibility index (Phi) is 7.60. The van der Waals surface area contributed by atoms with Crippen LogP contribution in [0.4, 0.5) is 0 Å². The van der Waals surface area contributed by atoms with E-state index in [1.165, 1.54) is 5.57 Å². The molecule has 4 saturated carbocycles. The third-order valence-corrected chi connectivity index (χ3v) is 14.9. The van der Waals surface area contributed by atoms with Crippen molar-refractivity contribution in [2.24, 2.45) is 50.2 Å². The highest BCUT2D eigenvalue weighted by atomic mass is 16.7. The van der Waals surface area contributed by atoms with E-state index in [-0.39, 0.29) is 52.8 Å². The van der Waals surface area contributed by atoms with Gasteiger partial charge < -0.3 is 35.0 Å². The van der Waals surface area contributed by atoms with Crippen molar-refractivity contribution in [1.29, 1.82) is 0 Å². The molecule has 8 nitrogen and oxygen atoms in total. The van der Waals surface area contributed by atoms with Gasteiger partial charge in [-0.1, -0.05) is 53.2 Å². The Morgan fingerprint density at radius 3 is 2.30 bits per heavy atom. The van der Waals surface area contributed by atoms with Crippen molar-refractivity contribution in [3.8, 4) is 0 Å². The predicted octanol–water partition coefficient (Wildman–Crippen LogP) is 4.67. The molecule has 0 bridgehead atoms. The number of ether oxygens (including phenoxy) is 2. The number of rotatable bonds is 4. The second-order valence-corrected chi connectivity index (χ2v) is 17.3. The van der Waals surface area contributed by atoms with Gasteiger partial charge in [-0.05, 0) is 104 Å². The lowest BCUT2D eigenvalue weighted by atomic mass is 9.33. The van der Waals surface area contributed by atoms with Crippen LogP contribution in [0, 0.1) is 50.2 Å². The second kappa shape index (κ2) is 10.2. The topological polar surface area (TPSA) is 137 Å². The highest BCUT2D eigenvalue weighted by molar-refractivity contribution is 5.76. The van der Waals surface area contributed by atoms with E-state index >= 15 is 0 Å². The molecule has 5 fully saturated rings. The molecule has 0 radical (unpaired) electrons. The smallest absolute Gasteiger partial charge is 0.310 e. The Morgan fingerprint density at radius 2 is 1.63 bits per heavy atom. The van der Waals surface area contributed by atoms with Gasteiger partial charge in [0, 0.05) is 5.41 Å². The number of allylic oxidation sites excluding steroid dienone is 2. The molecule has 0 aromatic carbocycles. The molecule has 1 heterocycles. The van der Waals surface area contributed by atoms with Gasteiger partial charge in [-0.3, -0.25) is 4.79 Å². The SMILES string of the molecule is CC1(C)CC[C@]2(C(=O)O)CCC3(C)C(=CCC4[C@@]5(C)CC[C@H](O[C@@H]6OC[C@H](O)[C@@H](O)[C@H]6O)[C@@](C)(CO)C5CC[C@]43C)C2C1. The summed E-state index contributed by atoms with van der Waals surface area (Å²) >= 11 is 0. The van der Waals surface area contributed by atoms with Gasteiger partial charge in [0.15, 0.2) is 6.29 Å². The van der Waals surface area contributed by atoms with Gasteiger partial charge in [0.25, 0.3) is 0 Å². The Hall–Kier alpha value is -1.03. The minimum atomic E-state index is -1.36. The van der Waals surface area contributed by atoms with Crippen molar-refractivity contribution >= 4 is 5.97 Å². The number of fused-ring (bicyclic) bond motifs is 7. The number of aliphatic hydroxyl groups excluding tert-OH is 4. The molecule has 13 atom stereocenters. The lowest BCUT2D eigenvalue weighted by Gasteiger charge is -2.71. The van der Waals surface area contributed by atoms with Crippen LogP contribution >= 0.6 is 0 Å². The van der Waals surface area contributed by atoms with Gasteiger partial charge in [-0.2, -0.15) is 0 Å². The summed E-state index contributed by atoms with van der Waals surface area (Å²) in [5.74, 6) is 0.0529. The van der Waals surface area contributed by atoms with E-state index in [9.17, 15) is 30.3 Å². The van der Waals surface area contributed by atoms with Crippen molar-refractivity contribution in [1.82, 2.24) is 0 Å². The fourth-order valence-corrected chi connectivity index (χ4v) is 11.9. The molecule has 43 heavy (non-hydrogen) atoms. The highest BCUT2D eigenvalue weighted by Crippen LogP contribution is 2.76. The minimum absolute atomic E-state index is 0.0154. The van der Waals surface area contributed by atoms with Gasteiger partial charge in [0.2, 0.25) is 0 Å². The molecule has 6 rings (SSSR count). The summed E-state index contributed by atoms with van der Waals surface area (Å²) in [7, 11) is 0. The molecule has 0 aromatic heterocycles. The number of aliphatic hydroxyl groups is 4. The first kappa shape index (κ1) is 31.9. The quantitative estimate of drug-likeness (QED) is 0.231. The van der Waals surface area contributed by atoms with E-state index in [1.807, 2.05) is 0 Å². The summed E-state index contributed by atoms with van der Waals surface area (Å²) in [4.78, 5) is 12.9. The fourth-order valence-electron chi connectivity index (χ4n) is 11.9. The maximum Gasteiger partial charge on any atom is 0.310 e. The summed E-state index contributed by atoms with van der Waals surface area (Å²) in [6.07, 6.45) is 6.03. The van der Waals surface area contributed by atoms with Crippen molar-refractivity contribution in [3.05, 3.63) is 11.6 Å². The molecule has 6 aliphatic rings. The zero-order valence-corrected chi connectivity index (χ0v) is 27.1. The van der Waals surface area contributed by atoms with E-state index in [0.717, 1.165) is 57.8 Å². The van der Waals surface area contributed by atoms with Gasteiger partial charge in [0.05, 0.1) is 24.7 Å². The molecule has 8 heteroatoms. The van der Waals surface area contributed by atoms with Gasteiger partial charge in [-0.25, -0.2) is 0 Å². The summed E-state index contributed by atoms with van der Waals surface area (Å²) in [5.41, 5.74) is 0.232. The zero-order valence-electron chi connectivity index (χ0n) is 27.1. The van der Waals surface area contributed by atoms with Gasteiger partial charge >= 0.3 is 5.97 Å². The maximum absolute atomic E-state index is 12.9. The van der Waals surface area contributed by atoms with Crippen LogP contribution < -0.4 is 0 Å². The maximum atomic E-state index is 12.9. The number of aliphatic carboxylic acids is 1. The Balaban J connectivity index is 1.32. The Morgan fingerprint density at radius 1 is 0.930 bits per heavy atom. The van der Waals surface area contributed by atoms with E-state index < -0.39 is 41.4 Å². The first-order chi connectivity index (χ1) is 20.0. The van der Waals surface area contributed by atoms with Crippen LogP contribution in [0.5, 0.6) is 0 Å². The normalized spacial score (nSPS) is 54.3. The van der Waals surface area contributed by atoms with Crippen LogP contribution in [0.1, 0.15) is 106 Å². The predicted molar refractivity (Wildman–Crippen MR) is 161 cm³/mol. The minimum Gasteiger partial charge on any atom is -0.481 e. The molecule has 0 amide bonds. The number of hydrogen-bond acceptors (Lipinski definition) is 7. The fraction of sp³-hybridized carbons (Fsp3) is 0.914. The Labute approximate surface area is 257 Å². The standard InChI is InChI=1S/C35H56O8/c1-30(2)13-15-35(29(40)41)16-14-33(5)20(21(35)17-30)7-8-24-31(3)11-10-25(43-28-27(39)26(38)22(37)18-42-28)32(4,19-36)23(31)9-12-34(24,33)6/h7,21-28,36-39H,8-19H2,1-6H3,(H,40,41)/t21?,22-,23?,24?,25-,26+,27+,28-,31-,32-,33?,34+,35-/m0/s1. The van der Waals surface area contributed by atoms with Crippen LogP contribution in [0.3, 0.4) is 0 Å². The van der Waals surface area contributed by atoms with Crippen molar-refractivity contribution in [3.63, 3.8) is 0 Å². The van der Waals surface area contributed by atoms with Crippen molar-refractivity contribution in [2.45, 2.75) is 136 Å². The van der Waals surface area contributed by atoms with Crippen LogP contribution in [0.2, 0.25) is 0 Å². The van der Waals surface area contributed by atoms with Crippen LogP contribution in [-0.2, 0) is 14.3 Å². The van der Waals surface area contributed by atoms with Gasteiger partial charge in [0.1, 0.15) is 18.3 Å². The summed E-state index contributed by atoms with van der Waals surface area (Å²) in [5, 5.41) is 52.3. The van der Waals surface area contributed by atoms with Crippen molar-refractivity contribution in [2.75, 3.05) is 13.2 Å². The summed E-state index contributed by atoms with van der Waals surface area (Å²) in [6, 6.07) is 0. The van der Waals surface area contributed by atoms with Gasteiger partial charge in [-0.15, -0.1) is 0 Å². The number of hydrogen-bond donors (Lipinski definition) is 5. The molecule has 0 aromatic rings. The lowest BCUT2D eigenvalue weighted by molar-refractivity contribution is -0.312. The third kappa shape index (κ3) is 4.32. The molecule has 0 spiro atoms. The largest absolute Gasteiger partial charge is 0.481 e. The zero-order chi connectivity index (χ0) is 31.4. The summed E-state index contributed by atoms with van der Waals surface area (Å²) in [6.45, 7) is 13.9. The molecular formula is C35H56O8. The third-order valence-electron chi connectivity index (χ3n) is 14.9. The second-order valence-electron chi connectivity index (χ2n) is 17.3. The molecule has 244 valence electrons. The van der Waals surface area contributed by atoms with Crippen LogP contribution in [0.15, 0.2) is 11.6 Å². The lowest BCUT2D eigenvalue weighted by Crippen LogP contribution is -2.66. The Bertz CT molecular complexity index is 1150. The molecule has 5 N–H and O–H groups in total. The number of carboxylic acids is 1. The monoisotopic (exact) mass is 604 g/mol. The first-order valence-corrected chi connectivity index (χ1v) is 16.9. The van der Waals surface area contributed by atoms with Crippen molar-refractivity contribution < 1.29 is 39.8 Å². The van der Waals surface area contributed by atoms with Crippen LogP contribution in [0.25, 0.3) is 0 Å². The molecule has 5 aliphatic carbocycles. The van der Waals surface area contributed by atoms with E-state index in [4.69, 9.17) is 9.47 Å². The molecule has 4 unspecified atom stereocenters. The average Bonchev–Trinajstić information content (AvgIpc) is 2.94. The van der Waals surface area contributed by atoms with E-state index in [2.05, 4.69) is 47.6 Å². The average molecular weight is 605 g/mol. The van der Waals surface area contributed by atoms with E-state index in [1.54, 1.807) is 0 Å². The highest BCUT2D eigenvalue weighted by Gasteiger charge is 2.70. The molecular weight excluding hydrogens is 548 g/mol. The molecule has 1 saturated heterocycles.